The quantitative estimate of drug-likeness (QED) is 0.717. The minimum atomic E-state index is -0.453. The van der Waals surface area contributed by atoms with Gasteiger partial charge in [0.05, 0.1) is 16.7 Å². The van der Waals surface area contributed by atoms with Crippen molar-refractivity contribution < 1.29 is 9.53 Å². The first-order valence-electron chi connectivity index (χ1n) is 8.22. The summed E-state index contributed by atoms with van der Waals surface area (Å²) in [7, 11) is 0. The van der Waals surface area contributed by atoms with E-state index in [-0.39, 0.29) is 6.09 Å². The van der Waals surface area contributed by atoms with E-state index in [2.05, 4.69) is 20.9 Å². The number of amides is 1. The summed E-state index contributed by atoms with van der Waals surface area (Å²) in [5.74, 6) is 0.333. The standard InChI is InChI=1S/C18H22BrN3O2/c1-18(2,3)24-17(23)22-8-6-12(7-9-22)16-11-20-14-5-4-13(19)10-15(14)21-16/h4-5,10-12H,6-9H2,1-3H3. The number of rotatable bonds is 1. The van der Waals surface area contributed by atoms with E-state index >= 15 is 0 Å². The average molecular weight is 392 g/mol. The van der Waals surface area contributed by atoms with Crippen molar-refractivity contribution in [3.8, 4) is 0 Å². The van der Waals surface area contributed by atoms with Gasteiger partial charge < -0.3 is 9.64 Å². The molecule has 1 fully saturated rings. The molecule has 0 bridgehead atoms. The van der Waals surface area contributed by atoms with E-state index in [1.807, 2.05) is 45.2 Å². The number of carbonyl (C=O) groups excluding carboxylic acids is 1. The van der Waals surface area contributed by atoms with Crippen LogP contribution in [0.5, 0.6) is 0 Å². The zero-order chi connectivity index (χ0) is 17.3. The number of nitrogens with zero attached hydrogens (tertiary/aromatic N) is 3. The van der Waals surface area contributed by atoms with Crippen LogP contribution in [0, 0.1) is 0 Å². The smallest absolute Gasteiger partial charge is 0.410 e. The fourth-order valence-electron chi connectivity index (χ4n) is 2.88. The third-order valence-electron chi connectivity index (χ3n) is 4.09. The molecule has 0 aliphatic carbocycles. The molecular formula is C18H22BrN3O2. The highest BCUT2D eigenvalue weighted by Gasteiger charge is 2.28. The number of piperidine rings is 1. The molecule has 1 aromatic heterocycles. The van der Waals surface area contributed by atoms with Crippen LogP contribution < -0.4 is 0 Å². The maximum absolute atomic E-state index is 12.1. The summed E-state index contributed by atoms with van der Waals surface area (Å²) in [5, 5.41) is 0. The monoisotopic (exact) mass is 391 g/mol. The second-order valence-corrected chi connectivity index (χ2v) is 8.09. The van der Waals surface area contributed by atoms with E-state index in [0.29, 0.717) is 19.0 Å². The maximum atomic E-state index is 12.1. The Bertz CT molecular complexity index is 750. The number of carbonyl (C=O) groups is 1. The summed E-state index contributed by atoms with van der Waals surface area (Å²) in [6.45, 7) is 7.05. The average Bonchev–Trinajstić information content (AvgIpc) is 2.52. The summed E-state index contributed by atoms with van der Waals surface area (Å²) in [5.41, 5.74) is 2.35. The summed E-state index contributed by atoms with van der Waals surface area (Å²) >= 11 is 3.47. The van der Waals surface area contributed by atoms with Crippen molar-refractivity contribution in [2.24, 2.45) is 0 Å². The van der Waals surface area contributed by atoms with Crippen molar-refractivity contribution in [2.75, 3.05) is 13.1 Å². The van der Waals surface area contributed by atoms with Gasteiger partial charge >= 0.3 is 6.09 Å². The van der Waals surface area contributed by atoms with E-state index in [0.717, 1.165) is 34.0 Å². The van der Waals surface area contributed by atoms with Gasteiger partial charge in [0, 0.05) is 29.7 Å². The number of benzene rings is 1. The molecular weight excluding hydrogens is 370 g/mol. The highest BCUT2D eigenvalue weighted by molar-refractivity contribution is 9.10. The van der Waals surface area contributed by atoms with E-state index in [9.17, 15) is 4.79 Å². The summed E-state index contributed by atoms with van der Waals surface area (Å²) in [6.07, 6.45) is 3.40. The number of hydrogen-bond acceptors (Lipinski definition) is 4. The topological polar surface area (TPSA) is 55.3 Å². The fraction of sp³-hybridized carbons (Fsp3) is 0.500. The molecule has 2 heterocycles. The molecule has 0 radical (unpaired) electrons. The van der Waals surface area contributed by atoms with Crippen LogP contribution in [0.3, 0.4) is 0 Å². The predicted molar refractivity (Wildman–Crippen MR) is 97.0 cm³/mol. The molecule has 24 heavy (non-hydrogen) atoms. The van der Waals surface area contributed by atoms with E-state index in [4.69, 9.17) is 9.72 Å². The van der Waals surface area contributed by atoms with Crippen molar-refractivity contribution in [2.45, 2.75) is 45.1 Å². The Morgan fingerprint density at radius 3 is 2.62 bits per heavy atom. The first-order chi connectivity index (χ1) is 11.3. The van der Waals surface area contributed by atoms with Crippen LogP contribution in [-0.4, -0.2) is 39.7 Å². The fourth-order valence-corrected chi connectivity index (χ4v) is 3.23. The molecule has 3 rings (SSSR count). The Hall–Kier alpha value is -1.69. The predicted octanol–water partition coefficient (Wildman–Crippen LogP) is 4.51. The number of halogens is 1. The molecule has 5 nitrogen and oxygen atoms in total. The van der Waals surface area contributed by atoms with E-state index < -0.39 is 5.60 Å². The molecule has 1 aromatic carbocycles. The third kappa shape index (κ3) is 4.04. The lowest BCUT2D eigenvalue weighted by molar-refractivity contribution is 0.0204. The van der Waals surface area contributed by atoms with Crippen molar-refractivity contribution in [1.29, 1.82) is 0 Å². The van der Waals surface area contributed by atoms with Gasteiger partial charge in [0.25, 0.3) is 0 Å². The van der Waals surface area contributed by atoms with Gasteiger partial charge in [-0.15, -0.1) is 0 Å². The lowest BCUT2D eigenvalue weighted by Crippen LogP contribution is -2.41. The number of aromatic nitrogens is 2. The van der Waals surface area contributed by atoms with Crippen molar-refractivity contribution in [1.82, 2.24) is 14.9 Å². The second kappa shape index (κ2) is 6.67. The van der Waals surface area contributed by atoms with Crippen LogP contribution >= 0.6 is 15.9 Å². The number of hydrogen-bond donors (Lipinski definition) is 0. The van der Waals surface area contributed by atoms with Gasteiger partial charge in [0.2, 0.25) is 0 Å². The molecule has 0 unspecified atom stereocenters. The molecule has 0 N–H and O–H groups in total. The molecule has 0 atom stereocenters. The molecule has 0 saturated carbocycles. The highest BCUT2D eigenvalue weighted by atomic mass is 79.9. The van der Waals surface area contributed by atoms with Gasteiger partial charge in [-0.25, -0.2) is 9.78 Å². The Morgan fingerprint density at radius 2 is 1.96 bits per heavy atom. The Kier molecular flexibility index (Phi) is 4.76. The lowest BCUT2D eigenvalue weighted by Gasteiger charge is -2.33. The molecule has 1 amide bonds. The Labute approximate surface area is 150 Å². The summed E-state index contributed by atoms with van der Waals surface area (Å²) < 4.78 is 6.44. The third-order valence-corrected chi connectivity index (χ3v) is 4.58. The van der Waals surface area contributed by atoms with Crippen LogP contribution in [0.25, 0.3) is 11.0 Å². The molecule has 2 aromatic rings. The first kappa shape index (κ1) is 17.1. The number of fused-ring (bicyclic) bond motifs is 1. The molecule has 0 spiro atoms. The zero-order valence-electron chi connectivity index (χ0n) is 14.3. The second-order valence-electron chi connectivity index (χ2n) is 7.17. The minimum absolute atomic E-state index is 0.227. The van der Waals surface area contributed by atoms with Crippen molar-refractivity contribution in [3.05, 3.63) is 34.6 Å². The molecule has 128 valence electrons. The number of ether oxygens (including phenoxy) is 1. The normalized spacial score (nSPS) is 16.4. The highest BCUT2D eigenvalue weighted by Crippen LogP contribution is 2.28. The van der Waals surface area contributed by atoms with Crippen LogP contribution in [-0.2, 0) is 4.74 Å². The van der Waals surface area contributed by atoms with Gasteiger partial charge in [-0.3, -0.25) is 4.98 Å². The van der Waals surface area contributed by atoms with E-state index in [1.54, 1.807) is 4.90 Å². The van der Waals surface area contributed by atoms with E-state index in [1.165, 1.54) is 0 Å². The Balaban J connectivity index is 1.67. The van der Waals surface area contributed by atoms with Gasteiger partial charge in [-0.2, -0.15) is 0 Å². The molecule has 6 heteroatoms. The van der Waals surface area contributed by atoms with Gasteiger partial charge in [-0.05, 0) is 51.8 Å². The number of likely N-dealkylation sites (tertiary alicyclic amines) is 1. The summed E-state index contributed by atoms with van der Waals surface area (Å²) in [4.78, 5) is 23.2. The molecule has 1 saturated heterocycles. The first-order valence-corrected chi connectivity index (χ1v) is 9.01. The van der Waals surface area contributed by atoms with Gasteiger partial charge in [0.15, 0.2) is 0 Å². The largest absolute Gasteiger partial charge is 0.444 e. The SMILES string of the molecule is CC(C)(C)OC(=O)N1CCC(c2cnc3ccc(Br)cc3n2)CC1. The van der Waals surface area contributed by atoms with Crippen molar-refractivity contribution in [3.63, 3.8) is 0 Å². The van der Waals surface area contributed by atoms with Crippen LogP contribution in [0.15, 0.2) is 28.9 Å². The minimum Gasteiger partial charge on any atom is -0.444 e. The van der Waals surface area contributed by atoms with Gasteiger partial charge in [0.1, 0.15) is 5.60 Å². The van der Waals surface area contributed by atoms with Crippen LogP contribution in [0.2, 0.25) is 0 Å². The molecule has 1 aliphatic heterocycles. The van der Waals surface area contributed by atoms with Crippen LogP contribution in [0.1, 0.15) is 45.2 Å². The molecule has 1 aliphatic rings. The van der Waals surface area contributed by atoms with Crippen LogP contribution in [0.4, 0.5) is 4.79 Å². The maximum Gasteiger partial charge on any atom is 0.410 e. The Morgan fingerprint density at radius 1 is 1.25 bits per heavy atom. The summed E-state index contributed by atoms with van der Waals surface area (Å²) in [6, 6.07) is 5.92. The lowest BCUT2D eigenvalue weighted by atomic mass is 9.94. The van der Waals surface area contributed by atoms with Gasteiger partial charge in [-0.1, -0.05) is 15.9 Å². The zero-order valence-corrected chi connectivity index (χ0v) is 15.8. The van der Waals surface area contributed by atoms with Crippen molar-refractivity contribution >= 4 is 33.1 Å².